The van der Waals surface area contributed by atoms with Crippen molar-refractivity contribution in [1.29, 1.82) is 0 Å². The number of hydrogen-bond donors (Lipinski definition) is 1. The molecule has 0 unspecified atom stereocenters. The quantitative estimate of drug-likeness (QED) is 0.613. The molecule has 1 atom stereocenters. The van der Waals surface area contributed by atoms with E-state index in [1.54, 1.807) is 0 Å². The van der Waals surface area contributed by atoms with E-state index in [-0.39, 0.29) is 12.5 Å². The van der Waals surface area contributed by atoms with Crippen molar-refractivity contribution < 1.29 is 5.11 Å². The highest BCUT2D eigenvalue weighted by Gasteiger charge is 1.99. The van der Waals surface area contributed by atoms with E-state index in [0.29, 0.717) is 0 Å². The van der Waals surface area contributed by atoms with Gasteiger partial charge in [0, 0.05) is 5.92 Å². The molecule has 0 aromatic heterocycles. The zero-order valence-corrected chi connectivity index (χ0v) is 7.30. The zero-order chi connectivity index (χ0) is 8.85. The highest BCUT2D eigenvalue weighted by atomic mass is 16.3. The molecule has 0 saturated carbocycles. The van der Waals surface area contributed by atoms with E-state index in [0.717, 1.165) is 11.1 Å². The Bertz CT molecular complexity index is 177. The van der Waals surface area contributed by atoms with E-state index < -0.39 is 0 Å². The average Bonchev–Trinajstić information content (AvgIpc) is 1.99. The van der Waals surface area contributed by atoms with Crippen LogP contribution in [0, 0.1) is 5.92 Å². The Morgan fingerprint density at radius 2 is 2.09 bits per heavy atom. The van der Waals surface area contributed by atoms with Crippen LogP contribution in [0.25, 0.3) is 0 Å². The van der Waals surface area contributed by atoms with Crippen LogP contribution in [0.3, 0.4) is 0 Å². The van der Waals surface area contributed by atoms with Gasteiger partial charge in [-0.2, -0.15) is 0 Å². The predicted molar refractivity (Wildman–Crippen MR) is 49.3 cm³/mol. The second-order valence-corrected chi connectivity index (χ2v) is 2.78. The van der Waals surface area contributed by atoms with Gasteiger partial charge in [-0.25, -0.2) is 0 Å². The second kappa shape index (κ2) is 4.91. The first-order valence-corrected chi connectivity index (χ1v) is 3.68. The molecule has 0 aromatic carbocycles. The van der Waals surface area contributed by atoms with E-state index >= 15 is 0 Å². The molecule has 0 heterocycles. The maximum atomic E-state index is 8.73. The molecule has 11 heavy (non-hydrogen) atoms. The molecule has 0 fully saturated rings. The van der Waals surface area contributed by atoms with Crippen LogP contribution in [0.1, 0.15) is 13.8 Å². The summed E-state index contributed by atoms with van der Waals surface area (Å²) in [6.45, 7) is 11.4. The normalized spacial score (nSPS) is 14.3. The van der Waals surface area contributed by atoms with E-state index in [4.69, 9.17) is 5.11 Å². The molecule has 0 bridgehead atoms. The lowest BCUT2D eigenvalue weighted by Crippen LogP contribution is -1.95. The van der Waals surface area contributed by atoms with Crippen molar-refractivity contribution in [3.63, 3.8) is 0 Å². The van der Waals surface area contributed by atoms with E-state index in [1.165, 1.54) is 0 Å². The number of rotatable bonds is 4. The van der Waals surface area contributed by atoms with Crippen molar-refractivity contribution in [2.45, 2.75) is 13.8 Å². The maximum absolute atomic E-state index is 8.73. The number of aliphatic hydroxyl groups excluding tert-OH is 1. The highest BCUT2D eigenvalue weighted by Crippen LogP contribution is 2.12. The Morgan fingerprint density at radius 3 is 2.36 bits per heavy atom. The lowest BCUT2D eigenvalue weighted by Gasteiger charge is -2.07. The van der Waals surface area contributed by atoms with E-state index in [2.05, 4.69) is 13.2 Å². The van der Waals surface area contributed by atoms with Gasteiger partial charge in [-0.15, -0.1) is 6.58 Å². The first-order chi connectivity index (χ1) is 5.11. The van der Waals surface area contributed by atoms with E-state index in [1.807, 2.05) is 26.0 Å². The van der Waals surface area contributed by atoms with Gasteiger partial charge in [0.1, 0.15) is 0 Å². The SMILES string of the molecule is C=C[C@@H](/C=C(\C)CO)C(=C)C. The largest absolute Gasteiger partial charge is 0.392 e. The third-order valence-corrected chi connectivity index (χ3v) is 1.54. The third kappa shape index (κ3) is 3.79. The van der Waals surface area contributed by atoms with Gasteiger partial charge < -0.3 is 5.11 Å². The molecular weight excluding hydrogens is 136 g/mol. The van der Waals surface area contributed by atoms with Crippen molar-refractivity contribution in [2.75, 3.05) is 6.61 Å². The minimum absolute atomic E-state index is 0.109. The summed E-state index contributed by atoms with van der Waals surface area (Å²) < 4.78 is 0. The van der Waals surface area contributed by atoms with Crippen molar-refractivity contribution in [1.82, 2.24) is 0 Å². The van der Waals surface area contributed by atoms with Crippen LogP contribution in [0.4, 0.5) is 0 Å². The minimum Gasteiger partial charge on any atom is -0.392 e. The zero-order valence-electron chi connectivity index (χ0n) is 7.30. The summed E-state index contributed by atoms with van der Waals surface area (Å²) in [5.74, 6) is 0.196. The molecule has 62 valence electrons. The monoisotopic (exact) mass is 152 g/mol. The molecule has 0 amide bonds. The first-order valence-electron chi connectivity index (χ1n) is 3.68. The minimum atomic E-state index is 0.109. The Kier molecular flexibility index (Phi) is 4.55. The summed E-state index contributed by atoms with van der Waals surface area (Å²) in [5, 5.41) is 8.73. The van der Waals surface area contributed by atoms with Crippen LogP contribution in [-0.4, -0.2) is 11.7 Å². The fraction of sp³-hybridized carbons (Fsp3) is 0.400. The van der Waals surface area contributed by atoms with Gasteiger partial charge in [-0.05, 0) is 13.8 Å². The van der Waals surface area contributed by atoms with E-state index in [9.17, 15) is 0 Å². The van der Waals surface area contributed by atoms with Gasteiger partial charge in [0.05, 0.1) is 6.61 Å². The summed E-state index contributed by atoms with van der Waals surface area (Å²) >= 11 is 0. The fourth-order valence-corrected chi connectivity index (χ4v) is 0.771. The maximum Gasteiger partial charge on any atom is 0.0639 e. The third-order valence-electron chi connectivity index (χ3n) is 1.54. The molecule has 0 aromatic rings. The molecule has 0 aliphatic heterocycles. The van der Waals surface area contributed by atoms with Crippen LogP contribution in [0.15, 0.2) is 36.5 Å². The van der Waals surface area contributed by atoms with Gasteiger partial charge in [0.2, 0.25) is 0 Å². The summed E-state index contributed by atoms with van der Waals surface area (Å²) in [5.41, 5.74) is 2.01. The Morgan fingerprint density at radius 1 is 1.55 bits per heavy atom. The molecule has 0 aliphatic rings. The molecule has 1 nitrogen and oxygen atoms in total. The Balaban J connectivity index is 4.29. The molecule has 1 heteroatoms. The topological polar surface area (TPSA) is 20.2 Å². The summed E-state index contributed by atoms with van der Waals surface area (Å²) in [7, 11) is 0. The molecule has 0 rings (SSSR count). The van der Waals surface area contributed by atoms with Crippen molar-refractivity contribution in [3.05, 3.63) is 36.5 Å². The van der Waals surface area contributed by atoms with Gasteiger partial charge >= 0.3 is 0 Å². The Labute approximate surface area is 68.7 Å². The summed E-state index contributed by atoms with van der Waals surface area (Å²) in [4.78, 5) is 0. The standard InChI is InChI=1S/C10H16O/c1-5-10(8(2)3)6-9(4)7-11/h5-6,10-11H,1-2,7H2,3-4H3/b9-6+/t10-/m0/s1. The van der Waals surface area contributed by atoms with Gasteiger partial charge in [-0.1, -0.05) is 29.9 Å². The van der Waals surface area contributed by atoms with Crippen LogP contribution in [0.2, 0.25) is 0 Å². The molecule has 0 saturated heterocycles. The molecule has 0 radical (unpaired) electrons. The summed E-state index contributed by atoms with van der Waals surface area (Å²) in [6, 6.07) is 0. The number of aliphatic hydroxyl groups is 1. The van der Waals surface area contributed by atoms with Crippen LogP contribution >= 0.6 is 0 Å². The second-order valence-electron chi connectivity index (χ2n) is 2.78. The van der Waals surface area contributed by atoms with Crippen molar-refractivity contribution >= 4 is 0 Å². The smallest absolute Gasteiger partial charge is 0.0639 e. The average molecular weight is 152 g/mol. The fourth-order valence-electron chi connectivity index (χ4n) is 0.771. The van der Waals surface area contributed by atoms with Crippen molar-refractivity contribution in [2.24, 2.45) is 5.92 Å². The Hall–Kier alpha value is -0.820. The lowest BCUT2D eigenvalue weighted by molar-refractivity contribution is 0.330. The van der Waals surface area contributed by atoms with Crippen LogP contribution in [-0.2, 0) is 0 Å². The van der Waals surface area contributed by atoms with Crippen LogP contribution in [0.5, 0.6) is 0 Å². The van der Waals surface area contributed by atoms with Crippen LogP contribution < -0.4 is 0 Å². The van der Waals surface area contributed by atoms with Gasteiger partial charge in [0.25, 0.3) is 0 Å². The first kappa shape index (κ1) is 10.2. The van der Waals surface area contributed by atoms with Gasteiger partial charge in [0.15, 0.2) is 0 Å². The molecular formula is C10H16O. The lowest BCUT2D eigenvalue weighted by atomic mass is 10.00. The van der Waals surface area contributed by atoms with Gasteiger partial charge in [-0.3, -0.25) is 0 Å². The molecule has 0 spiro atoms. The number of hydrogen-bond acceptors (Lipinski definition) is 1. The summed E-state index contributed by atoms with van der Waals surface area (Å²) in [6.07, 6.45) is 3.79. The van der Waals surface area contributed by atoms with Crippen molar-refractivity contribution in [3.8, 4) is 0 Å². The number of allylic oxidation sites excluding steroid dienone is 3. The molecule has 0 aliphatic carbocycles. The highest BCUT2D eigenvalue weighted by molar-refractivity contribution is 5.17. The molecule has 1 N–H and O–H groups in total. The predicted octanol–water partition coefficient (Wildman–Crippen LogP) is 2.30.